The molecule has 3 aromatic rings. The van der Waals surface area contributed by atoms with E-state index >= 15 is 0 Å². The molecule has 0 radical (unpaired) electrons. The van der Waals surface area contributed by atoms with Gasteiger partial charge in [0.2, 0.25) is 4.96 Å². The minimum Gasteiger partial charge on any atom is -0.208 e. The molecule has 0 bridgehead atoms. The van der Waals surface area contributed by atoms with Crippen LogP contribution in [0.3, 0.4) is 0 Å². The zero-order valence-corrected chi connectivity index (χ0v) is 9.95. The van der Waals surface area contributed by atoms with Crippen molar-refractivity contribution in [3.05, 3.63) is 40.9 Å². The molecule has 0 fully saturated rings. The molecule has 2 heterocycles. The van der Waals surface area contributed by atoms with Crippen LogP contribution in [-0.2, 0) is 0 Å². The highest BCUT2D eigenvalue weighted by Crippen LogP contribution is 2.22. The van der Waals surface area contributed by atoms with Gasteiger partial charge in [-0.15, -0.1) is 16.4 Å². The molecule has 0 aliphatic carbocycles. The molecule has 0 aliphatic heterocycles. The van der Waals surface area contributed by atoms with Gasteiger partial charge in [-0.25, -0.2) is 4.52 Å². The van der Waals surface area contributed by atoms with Crippen LogP contribution >= 0.6 is 11.3 Å². The summed E-state index contributed by atoms with van der Waals surface area (Å²) in [5.74, 6) is 0.813. The van der Waals surface area contributed by atoms with Crippen molar-refractivity contribution >= 4 is 16.3 Å². The largest absolute Gasteiger partial charge is 0.212 e. The first-order chi connectivity index (χ1) is 7.75. The Morgan fingerprint density at radius 2 is 2.00 bits per heavy atom. The second-order valence-electron chi connectivity index (χ2n) is 3.82. The summed E-state index contributed by atoms with van der Waals surface area (Å²) in [7, 11) is 0. The molecule has 0 atom stereocenters. The monoisotopic (exact) mass is 229 g/mol. The Morgan fingerprint density at radius 3 is 2.75 bits per heavy atom. The number of hydrogen-bond acceptors (Lipinski definition) is 3. The van der Waals surface area contributed by atoms with Gasteiger partial charge in [-0.2, -0.15) is 4.98 Å². The average Bonchev–Trinajstić information content (AvgIpc) is 2.82. The van der Waals surface area contributed by atoms with Gasteiger partial charge in [0.15, 0.2) is 5.82 Å². The minimum atomic E-state index is 0.813. The van der Waals surface area contributed by atoms with Gasteiger partial charge >= 0.3 is 0 Å². The smallest absolute Gasteiger partial charge is 0.208 e. The number of nitrogens with zero attached hydrogens (tertiary/aromatic N) is 3. The van der Waals surface area contributed by atoms with Gasteiger partial charge in [0.05, 0.1) is 5.69 Å². The molecule has 0 saturated heterocycles. The SMILES string of the molecule is Cc1ccccc1-c1nc2scc(C)n2n1. The van der Waals surface area contributed by atoms with Crippen LogP contribution in [0, 0.1) is 13.8 Å². The quantitative estimate of drug-likeness (QED) is 0.642. The van der Waals surface area contributed by atoms with Crippen LogP contribution in [0.4, 0.5) is 0 Å². The van der Waals surface area contributed by atoms with Crippen LogP contribution in [0.1, 0.15) is 11.3 Å². The topological polar surface area (TPSA) is 30.2 Å². The minimum absolute atomic E-state index is 0.813. The third-order valence-electron chi connectivity index (χ3n) is 2.63. The van der Waals surface area contributed by atoms with E-state index in [0.717, 1.165) is 22.0 Å². The lowest BCUT2D eigenvalue weighted by molar-refractivity contribution is 0.936. The second kappa shape index (κ2) is 3.42. The van der Waals surface area contributed by atoms with Crippen LogP contribution in [-0.4, -0.2) is 14.6 Å². The van der Waals surface area contributed by atoms with Crippen LogP contribution in [0.25, 0.3) is 16.3 Å². The van der Waals surface area contributed by atoms with Gasteiger partial charge in [0.1, 0.15) is 0 Å². The van der Waals surface area contributed by atoms with Crippen LogP contribution < -0.4 is 0 Å². The first kappa shape index (κ1) is 9.54. The fourth-order valence-corrected chi connectivity index (χ4v) is 2.53. The molecular formula is C12H11N3S. The molecule has 0 N–H and O–H groups in total. The van der Waals surface area contributed by atoms with Crippen LogP contribution in [0.2, 0.25) is 0 Å². The van der Waals surface area contributed by atoms with Crippen molar-refractivity contribution in [2.45, 2.75) is 13.8 Å². The highest BCUT2D eigenvalue weighted by Gasteiger charge is 2.10. The van der Waals surface area contributed by atoms with E-state index in [0.29, 0.717) is 0 Å². The predicted molar refractivity (Wildman–Crippen MR) is 65.8 cm³/mol. The Bertz CT molecular complexity index is 651. The van der Waals surface area contributed by atoms with Gasteiger partial charge in [-0.3, -0.25) is 0 Å². The summed E-state index contributed by atoms with van der Waals surface area (Å²) in [6.45, 7) is 4.12. The molecule has 4 heteroatoms. The number of thiazole rings is 1. The lowest BCUT2D eigenvalue weighted by Gasteiger charge is -1.98. The van der Waals surface area contributed by atoms with E-state index in [2.05, 4.69) is 34.5 Å². The third-order valence-corrected chi connectivity index (χ3v) is 3.57. The fraction of sp³-hybridized carbons (Fsp3) is 0.167. The van der Waals surface area contributed by atoms with Crippen molar-refractivity contribution in [3.8, 4) is 11.4 Å². The standard InChI is InChI=1S/C12H11N3S/c1-8-5-3-4-6-10(8)11-13-12-15(14-11)9(2)7-16-12/h3-7H,1-2H3. The first-order valence-electron chi connectivity index (χ1n) is 5.12. The van der Waals surface area contributed by atoms with E-state index in [1.807, 2.05) is 23.6 Å². The summed E-state index contributed by atoms with van der Waals surface area (Å²) in [5.41, 5.74) is 3.45. The number of rotatable bonds is 1. The summed E-state index contributed by atoms with van der Waals surface area (Å²) in [5, 5.41) is 6.59. The van der Waals surface area contributed by atoms with Crippen molar-refractivity contribution in [1.29, 1.82) is 0 Å². The molecular weight excluding hydrogens is 218 g/mol. The summed E-state index contributed by atoms with van der Waals surface area (Å²) >= 11 is 1.62. The van der Waals surface area contributed by atoms with Crippen molar-refractivity contribution in [3.63, 3.8) is 0 Å². The molecule has 3 rings (SSSR count). The third kappa shape index (κ3) is 1.34. The van der Waals surface area contributed by atoms with Crippen molar-refractivity contribution in [2.24, 2.45) is 0 Å². The molecule has 0 aliphatic rings. The summed E-state index contributed by atoms with van der Waals surface area (Å²) in [6.07, 6.45) is 0. The molecule has 2 aromatic heterocycles. The predicted octanol–water partition coefficient (Wildman–Crippen LogP) is 3.07. The van der Waals surface area contributed by atoms with Crippen LogP contribution in [0.5, 0.6) is 0 Å². The van der Waals surface area contributed by atoms with Gasteiger partial charge in [-0.1, -0.05) is 24.3 Å². The summed E-state index contributed by atoms with van der Waals surface area (Å²) < 4.78 is 1.90. The molecule has 0 spiro atoms. The highest BCUT2D eigenvalue weighted by atomic mass is 32.1. The van der Waals surface area contributed by atoms with Gasteiger partial charge in [0.25, 0.3) is 0 Å². The van der Waals surface area contributed by atoms with E-state index in [1.54, 1.807) is 11.3 Å². The van der Waals surface area contributed by atoms with Crippen molar-refractivity contribution in [1.82, 2.24) is 14.6 Å². The Hall–Kier alpha value is -1.68. The highest BCUT2D eigenvalue weighted by molar-refractivity contribution is 7.15. The Morgan fingerprint density at radius 1 is 1.19 bits per heavy atom. The van der Waals surface area contributed by atoms with Gasteiger partial charge in [0, 0.05) is 10.9 Å². The van der Waals surface area contributed by atoms with Crippen LogP contribution in [0.15, 0.2) is 29.6 Å². The Labute approximate surface area is 97.4 Å². The number of hydrogen-bond donors (Lipinski definition) is 0. The molecule has 0 saturated carbocycles. The maximum Gasteiger partial charge on any atom is 0.212 e. The maximum absolute atomic E-state index is 4.54. The van der Waals surface area contributed by atoms with E-state index in [9.17, 15) is 0 Å². The normalized spacial score (nSPS) is 11.1. The van der Waals surface area contributed by atoms with E-state index < -0.39 is 0 Å². The fourth-order valence-electron chi connectivity index (χ4n) is 1.73. The number of aromatic nitrogens is 3. The molecule has 3 nitrogen and oxygen atoms in total. The molecule has 1 aromatic carbocycles. The first-order valence-corrected chi connectivity index (χ1v) is 6.00. The maximum atomic E-state index is 4.54. The molecule has 0 amide bonds. The van der Waals surface area contributed by atoms with Crippen molar-refractivity contribution in [2.75, 3.05) is 0 Å². The second-order valence-corrected chi connectivity index (χ2v) is 4.66. The van der Waals surface area contributed by atoms with E-state index in [4.69, 9.17) is 0 Å². The lowest BCUT2D eigenvalue weighted by atomic mass is 10.1. The summed E-state index contributed by atoms with van der Waals surface area (Å²) in [6, 6.07) is 8.19. The summed E-state index contributed by atoms with van der Waals surface area (Å²) in [4.78, 5) is 5.49. The zero-order valence-electron chi connectivity index (χ0n) is 9.14. The van der Waals surface area contributed by atoms with Gasteiger partial charge in [-0.05, 0) is 19.4 Å². The number of benzene rings is 1. The zero-order chi connectivity index (χ0) is 11.1. The lowest BCUT2D eigenvalue weighted by Crippen LogP contribution is -1.88. The van der Waals surface area contributed by atoms with Crippen molar-refractivity contribution < 1.29 is 0 Å². The molecule has 16 heavy (non-hydrogen) atoms. The Kier molecular flexibility index (Phi) is 2.04. The average molecular weight is 229 g/mol. The molecule has 80 valence electrons. The number of aryl methyl sites for hydroxylation is 2. The molecule has 0 unspecified atom stereocenters. The Balaban J connectivity index is 2.23. The number of fused-ring (bicyclic) bond motifs is 1. The van der Waals surface area contributed by atoms with E-state index in [1.165, 1.54) is 5.56 Å². The van der Waals surface area contributed by atoms with E-state index in [-0.39, 0.29) is 0 Å². The van der Waals surface area contributed by atoms with Gasteiger partial charge < -0.3 is 0 Å².